The molecule has 0 aliphatic rings. The van der Waals surface area contributed by atoms with Crippen LogP contribution in [0.3, 0.4) is 0 Å². The van der Waals surface area contributed by atoms with E-state index in [2.05, 4.69) is 140 Å². The maximum Gasteiger partial charge on any atom is 0.160 e. The lowest BCUT2D eigenvalue weighted by molar-refractivity contribution is 0.669. The second-order valence-corrected chi connectivity index (χ2v) is 11.7. The van der Waals surface area contributed by atoms with Gasteiger partial charge in [0.2, 0.25) is 0 Å². The van der Waals surface area contributed by atoms with E-state index < -0.39 is 0 Å². The number of furan rings is 1. The van der Waals surface area contributed by atoms with Crippen molar-refractivity contribution in [2.45, 2.75) is 0 Å². The van der Waals surface area contributed by atoms with Gasteiger partial charge in [0.05, 0.1) is 11.2 Å². The Morgan fingerprint density at radius 1 is 0.378 bits per heavy atom. The third-order valence-corrected chi connectivity index (χ3v) is 9.21. The first-order valence-corrected chi connectivity index (χ1v) is 15.2. The van der Waals surface area contributed by atoms with Gasteiger partial charge in [-0.1, -0.05) is 115 Å². The molecule has 0 aliphatic heterocycles. The molecular formula is C42H24N2O. The fourth-order valence-electron chi connectivity index (χ4n) is 7.14. The van der Waals surface area contributed by atoms with Gasteiger partial charge in [-0.15, -0.1) is 0 Å². The molecule has 0 N–H and O–H groups in total. The average Bonchev–Trinajstić information content (AvgIpc) is 3.50. The molecule has 3 heteroatoms. The van der Waals surface area contributed by atoms with Gasteiger partial charge in [0, 0.05) is 32.7 Å². The van der Waals surface area contributed by atoms with E-state index in [1.165, 1.54) is 37.7 Å². The molecule has 0 spiro atoms. The Morgan fingerprint density at radius 2 is 1.02 bits per heavy atom. The van der Waals surface area contributed by atoms with E-state index in [1.807, 2.05) is 6.07 Å². The smallest absolute Gasteiger partial charge is 0.160 e. The topological polar surface area (TPSA) is 38.9 Å². The van der Waals surface area contributed by atoms with Crippen LogP contribution in [0.4, 0.5) is 0 Å². The lowest BCUT2D eigenvalue weighted by Crippen LogP contribution is -1.96. The molecule has 0 saturated carbocycles. The van der Waals surface area contributed by atoms with Crippen molar-refractivity contribution in [2.24, 2.45) is 0 Å². The van der Waals surface area contributed by atoms with E-state index in [0.717, 1.165) is 61.2 Å². The molecule has 208 valence electrons. The number of nitrogens with zero attached hydrogens (tertiary/aromatic N) is 2. The maximum absolute atomic E-state index is 6.25. The number of benzene rings is 8. The summed E-state index contributed by atoms with van der Waals surface area (Å²) >= 11 is 0. The zero-order valence-electron chi connectivity index (χ0n) is 24.2. The summed E-state index contributed by atoms with van der Waals surface area (Å²) in [5.41, 5.74) is 8.13. The number of hydrogen-bond donors (Lipinski definition) is 0. The summed E-state index contributed by atoms with van der Waals surface area (Å²) in [7, 11) is 0. The van der Waals surface area contributed by atoms with Gasteiger partial charge in [-0.05, 0) is 68.4 Å². The standard InChI is InChI=1S/C42H24N2O/c1-2-10-26(11-3-1)40-34-22-19-25-9-4-5-14-30(25)41(34)44-42(43-40)29-13-6-12-27(23-29)28-20-21-31-32-15-7-17-36-38(32)39-33(35(31)24-28)16-8-18-37(39)45-36/h1-24H. The van der Waals surface area contributed by atoms with Crippen LogP contribution >= 0.6 is 0 Å². The highest BCUT2D eigenvalue weighted by Crippen LogP contribution is 2.43. The van der Waals surface area contributed by atoms with Gasteiger partial charge in [-0.25, -0.2) is 9.97 Å². The van der Waals surface area contributed by atoms with E-state index in [0.29, 0.717) is 0 Å². The van der Waals surface area contributed by atoms with Crippen LogP contribution < -0.4 is 0 Å². The Kier molecular flexibility index (Phi) is 5.00. The van der Waals surface area contributed by atoms with E-state index in [9.17, 15) is 0 Å². The molecular weight excluding hydrogens is 548 g/mol. The monoisotopic (exact) mass is 572 g/mol. The summed E-state index contributed by atoms with van der Waals surface area (Å²) in [4.78, 5) is 10.4. The molecule has 0 unspecified atom stereocenters. The Hall–Kier alpha value is -6.06. The van der Waals surface area contributed by atoms with Crippen molar-refractivity contribution in [3.05, 3.63) is 146 Å². The summed E-state index contributed by atoms with van der Waals surface area (Å²) in [5.74, 6) is 0.719. The molecule has 2 aromatic heterocycles. The molecule has 0 aliphatic carbocycles. The SMILES string of the molecule is c1ccc(-c2nc(-c3cccc(-c4ccc5c(c4)c4cccc6oc7cccc5c7c64)c3)nc3c2ccc2ccccc23)cc1. The van der Waals surface area contributed by atoms with Crippen LogP contribution in [0.1, 0.15) is 0 Å². The molecule has 0 bridgehead atoms. The van der Waals surface area contributed by atoms with Crippen LogP contribution in [0, 0.1) is 0 Å². The van der Waals surface area contributed by atoms with Gasteiger partial charge in [-0.2, -0.15) is 0 Å². The van der Waals surface area contributed by atoms with Crippen LogP contribution in [0.25, 0.3) is 98.9 Å². The van der Waals surface area contributed by atoms with Crippen LogP contribution in [0.2, 0.25) is 0 Å². The summed E-state index contributed by atoms with van der Waals surface area (Å²) in [6.07, 6.45) is 0. The second-order valence-electron chi connectivity index (χ2n) is 11.7. The van der Waals surface area contributed by atoms with Crippen LogP contribution in [0.5, 0.6) is 0 Å². The Bertz CT molecular complexity index is 2760. The molecule has 0 saturated heterocycles. The van der Waals surface area contributed by atoms with Crippen molar-refractivity contribution >= 4 is 65.2 Å². The van der Waals surface area contributed by atoms with Crippen molar-refractivity contribution in [3.8, 4) is 33.8 Å². The first-order valence-electron chi connectivity index (χ1n) is 15.2. The minimum absolute atomic E-state index is 0.719. The maximum atomic E-state index is 6.25. The highest BCUT2D eigenvalue weighted by Gasteiger charge is 2.18. The van der Waals surface area contributed by atoms with Gasteiger partial charge in [0.15, 0.2) is 5.82 Å². The summed E-state index contributed by atoms with van der Waals surface area (Å²) in [6.45, 7) is 0. The highest BCUT2D eigenvalue weighted by atomic mass is 16.3. The molecule has 0 atom stereocenters. The quantitative estimate of drug-likeness (QED) is 0.198. The highest BCUT2D eigenvalue weighted by molar-refractivity contribution is 6.33. The van der Waals surface area contributed by atoms with Crippen molar-refractivity contribution in [1.29, 1.82) is 0 Å². The van der Waals surface area contributed by atoms with Crippen LogP contribution in [-0.4, -0.2) is 9.97 Å². The molecule has 10 rings (SSSR count). The van der Waals surface area contributed by atoms with Gasteiger partial charge >= 0.3 is 0 Å². The third kappa shape index (κ3) is 3.58. The molecule has 0 radical (unpaired) electrons. The first-order chi connectivity index (χ1) is 22.3. The van der Waals surface area contributed by atoms with Crippen molar-refractivity contribution in [3.63, 3.8) is 0 Å². The molecule has 0 fully saturated rings. The van der Waals surface area contributed by atoms with Gasteiger partial charge in [-0.3, -0.25) is 0 Å². The predicted octanol–water partition coefficient (Wildman–Crippen LogP) is 11.4. The van der Waals surface area contributed by atoms with E-state index >= 15 is 0 Å². The molecule has 10 aromatic rings. The van der Waals surface area contributed by atoms with Crippen LogP contribution in [0.15, 0.2) is 150 Å². The summed E-state index contributed by atoms with van der Waals surface area (Å²) < 4.78 is 6.25. The number of aromatic nitrogens is 2. The van der Waals surface area contributed by atoms with E-state index in [-0.39, 0.29) is 0 Å². The van der Waals surface area contributed by atoms with E-state index in [4.69, 9.17) is 14.4 Å². The average molecular weight is 573 g/mol. The zero-order chi connectivity index (χ0) is 29.5. The van der Waals surface area contributed by atoms with Crippen LogP contribution in [-0.2, 0) is 0 Å². The lowest BCUT2D eigenvalue weighted by Gasteiger charge is -2.13. The Balaban J connectivity index is 1.19. The normalized spacial score (nSPS) is 12.0. The molecule has 8 aromatic carbocycles. The Morgan fingerprint density at radius 3 is 1.87 bits per heavy atom. The van der Waals surface area contributed by atoms with E-state index in [1.54, 1.807) is 0 Å². The number of fused-ring (bicyclic) bond motifs is 6. The van der Waals surface area contributed by atoms with Gasteiger partial charge in [0.1, 0.15) is 11.2 Å². The summed E-state index contributed by atoms with van der Waals surface area (Å²) in [5, 5.41) is 10.7. The second kappa shape index (κ2) is 9.22. The summed E-state index contributed by atoms with van der Waals surface area (Å²) in [6, 6.07) is 51.3. The molecule has 45 heavy (non-hydrogen) atoms. The lowest BCUT2D eigenvalue weighted by atomic mass is 9.92. The van der Waals surface area contributed by atoms with Crippen molar-refractivity contribution in [1.82, 2.24) is 9.97 Å². The Labute approximate surface area is 258 Å². The van der Waals surface area contributed by atoms with Crippen molar-refractivity contribution < 1.29 is 4.42 Å². The number of hydrogen-bond acceptors (Lipinski definition) is 3. The zero-order valence-corrected chi connectivity index (χ0v) is 24.2. The minimum Gasteiger partial charge on any atom is -0.456 e. The molecule has 2 heterocycles. The number of rotatable bonds is 3. The fraction of sp³-hybridized carbons (Fsp3) is 0. The minimum atomic E-state index is 0.719. The predicted molar refractivity (Wildman–Crippen MR) is 187 cm³/mol. The largest absolute Gasteiger partial charge is 0.456 e. The van der Waals surface area contributed by atoms with Crippen molar-refractivity contribution in [2.75, 3.05) is 0 Å². The third-order valence-electron chi connectivity index (χ3n) is 9.21. The fourth-order valence-corrected chi connectivity index (χ4v) is 7.14. The molecule has 3 nitrogen and oxygen atoms in total. The van der Waals surface area contributed by atoms with Gasteiger partial charge in [0.25, 0.3) is 0 Å². The van der Waals surface area contributed by atoms with Gasteiger partial charge < -0.3 is 4.42 Å². The first kappa shape index (κ1) is 24.4. The molecule has 0 amide bonds.